The van der Waals surface area contributed by atoms with Crippen LogP contribution < -0.4 is 27.2 Å². The summed E-state index contributed by atoms with van der Waals surface area (Å²) in [5.41, 5.74) is 0. The molecule has 26 heavy (non-hydrogen) atoms. The Morgan fingerprint density at radius 2 is 1.27 bits per heavy atom. The van der Waals surface area contributed by atoms with Crippen molar-refractivity contribution in [3.05, 3.63) is 59.0 Å². The van der Waals surface area contributed by atoms with E-state index in [2.05, 4.69) is 19.1 Å². The minimum absolute atomic E-state index is 0.647. The monoisotopic (exact) mass is 366 g/mol. The van der Waals surface area contributed by atoms with E-state index >= 15 is 0 Å². The van der Waals surface area contributed by atoms with Crippen LogP contribution in [0.1, 0.15) is 20.3 Å². The van der Waals surface area contributed by atoms with Crippen LogP contribution in [-0.2, 0) is 0 Å². The van der Waals surface area contributed by atoms with Crippen LogP contribution in [0.15, 0.2) is 48.5 Å². The molecule has 2 aliphatic rings. The fraction of sp³-hybridized carbons (Fsp3) is 0.143. The van der Waals surface area contributed by atoms with Crippen LogP contribution in [0.4, 0.5) is 0 Å². The van der Waals surface area contributed by atoms with Gasteiger partial charge in [-0.3, -0.25) is 0 Å². The van der Waals surface area contributed by atoms with Crippen molar-refractivity contribution in [3.8, 4) is 23.0 Å². The van der Waals surface area contributed by atoms with Crippen LogP contribution in [0.3, 0.4) is 0 Å². The summed E-state index contributed by atoms with van der Waals surface area (Å²) in [7, 11) is 0. The van der Waals surface area contributed by atoms with Crippen molar-refractivity contribution in [1.29, 1.82) is 0 Å². The Bertz CT molecular complexity index is 1110. The molecule has 3 aromatic carbocycles. The minimum Gasteiger partial charge on any atom is -0.353 e. The molecule has 0 saturated carbocycles. The van der Waals surface area contributed by atoms with Gasteiger partial charge in [-0.2, -0.15) is 0 Å². The first-order valence-corrected chi connectivity index (χ1v) is 9.97. The second kappa shape index (κ2) is 5.61. The highest BCUT2D eigenvalue weighted by atomic mass is 32.3. The van der Waals surface area contributed by atoms with Gasteiger partial charge in [0.25, 0.3) is 0 Å². The van der Waals surface area contributed by atoms with E-state index in [1.165, 1.54) is 0 Å². The molecule has 3 aromatic rings. The summed E-state index contributed by atoms with van der Waals surface area (Å²) < 4.78 is 24.1. The van der Waals surface area contributed by atoms with Crippen LogP contribution in [0.5, 0.6) is 23.0 Å². The Kier molecular flexibility index (Phi) is 3.34. The Labute approximate surface area is 153 Å². The molecule has 5 rings (SSSR count). The fourth-order valence-corrected chi connectivity index (χ4v) is 4.84. The highest BCUT2D eigenvalue weighted by molar-refractivity contribution is 8.19. The van der Waals surface area contributed by atoms with Gasteiger partial charge >= 0.3 is 11.2 Å². The van der Waals surface area contributed by atoms with Crippen LogP contribution in [0, 0.1) is 0 Å². The van der Waals surface area contributed by atoms with Gasteiger partial charge in [0.1, 0.15) is 0 Å². The smallest absolute Gasteiger partial charge is 0.353 e. The van der Waals surface area contributed by atoms with Crippen molar-refractivity contribution in [2.45, 2.75) is 20.3 Å². The predicted octanol–water partition coefficient (Wildman–Crippen LogP) is 4.54. The van der Waals surface area contributed by atoms with E-state index in [0.29, 0.717) is 23.0 Å². The molecule has 2 heterocycles. The maximum atomic E-state index is 6.03. The first-order chi connectivity index (χ1) is 12.7. The Morgan fingerprint density at radius 3 is 1.77 bits per heavy atom. The molecule has 0 fully saturated rings. The molecule has 0 unspecified atom stereocenters. The molecule has 0 N–H and O–H groups in total. The molecule has 2 aliphatic heterocycles. The minimum atomic E-state index is -2.61. The largest absolute Gasteiger partial charge is 0.429 e. The lowest BCUT2D eigenvalue weighted by Crippen LogP contribution is -2.23. The third-order valence-corrected chi connectivity index (χ3v) is 6.00. The van der Waals surface area contributed by atoms with E-state index in [9.17, 15) is 0 Å². The summed E-state index contributed by atoms with van der Waals surface area (Å²) in [5, 5.41) is 4.40. The average molecular weight is 366 g/mol. The summed E-state index contributed by atoms with van der Waals surface area (Å²) in [5.74, 6) is 2.60. The van der Waals surface area contributed by atoms with E-state index in [1.54, 1.807) is 0 Å². The number of benzene rings is 3. The third-order valence-electron chi connectivity index (χ3n) is 4.46. The van der Waals surface area contributed by atoms with E-state index in [0.717, 1.165) is 27.6 Å². The van der Waals surface area contributed by atoms with Crippen LogP contribution in [0.25, 0.3) is 22.9 Å². The molecule has 0 saturated heterocycles. The van der Waals surface area contributed by atoms with E-state index in [4.69, 9.17) is 16.7 Å². The zero-order valence-electron chi connectivity index (χ0n) is 14.5. The second-order valence-corrected chi connectivity index (χ2v) is 7.70. The molecule has 0 atom stereocenters. The van der Waals surface area contributed by atoms with Gasteiger partial charge in [0.05, 0.1) is 0 Å². The molecule has 0 amide bonds. The van der Waals surface area contributed by atoms with Gasteiger partial charge in [-0.25, -0.2) is 0 Å². The summed E-state index contributed by atoms with van der Waals surface area (Å²) in [6.07, 6.45) is 5.17. The Balaban J connectivity index is 1.55. The van der Waals surface area contributed by atoms with Crippen LogP contribution in [0.2, 0.25) is 0 Å². The highest BCUT2D eigenvalue weighted by Gasteiger charge is 2.49. The third kappa shape index (κ3) is 2.31. The van der Waals surface area contributed by atoms with Crippen LogP contribution >= 0.6 is 11.2 Å². The van der Waals surface area contributed by atoms with Crippen molar-refractivity contribution in [2.24, 2.45) is 0 Å². The summed E-state index contributed by atoms with van der Waals surface area (Å²) >= 11 is -2.61. The molecule has 4 nitrogen and oxygen atoms in total. The first-order valence-electron chi connectivity index (χ1n) is 8.64. The molecular weight excluding hydrogens is 348 g/mol. The van der Waals surface area contributed by atoms with E-state index < -0.39 is 11.2 Å². The Morgan fingerprint density at radius 1 is 0.769 bits per heavy atom. The normalized spacial score (nSPS) is 18.7. The lowest BCUT2D eigenvalue weighted by atomic mass is 10.1. The van der Waals surface area contributed by atoms with Gasteiger partial charge in [-0.15, -0.1) is 0 Å². The molecule has 0 aromatic heterocycles. The summed E-state index contributed by atoms with van der Waals surface area (Å²) in [6, 6.07) is 16.0. The second-order valence-electron chi connectivity index (χ2n) is 6.22. The first kappa shape index (κ1) is 15.5. The molecule has 0 radical (unpaired) electrons. The molecule has 5 heteroatoms. The van der Waals surface area contributed by atoms with Gasteiger partial charge in [-0.05, 0) is 58.8 Å². The summed E-state index contributed by atoms with van der Waals surface area (Å²) in [6.45, 7) is 4.12. The van der Waals surface area contributed by atoms with Gasteiger partial charge < -0.3 is 16.7 Å². The molecular formula is C21H18O4S. The van der Waals surface area contributed by atoms with Crippen molar-refractivity contribution in [3.63, 3.8) is 0 Å². The van der Waals surface area contributed by atoms with Crippen molar-refractivity contribution in [1.82, 2.24) is 0 Å². The maximum absolute atomic E-state index is 6.03. The van der Waals surface area contributed by atoms with Gasteiger partial charge in [-0.1, -0.05) is 43.3 Å². The maximum Gasteiger partial charge on any atom is 0.429 e. The lowest BCUT2D eigenvalue weighted by Gasteiger charge is -2.21. The average Bonchev–Trinajstić information content (AvgIpc) is 3.16. The molecule has 0 bridgehead atoms. The molecule has 132 valence electrons. The lowest BCUT2D eigenvalue weighted by molar-refractivity contribution is 0.382. The van der Waals surface area contributed by atoms with Crippen molar-refractivity contribution >= 4 is 34.1 Å². The number of hydrogen-bond donors (Lipinski definition) is 0. The van der Waals surface area contributed by atoms with Gasteiger partial charge in [0, 0.05) is 0 Å². The SMILES string of the molecule is C/C=c1/cc2c(c/c1=C/CC)OS1(O2)Oc2cc3ccccc3cc2O1. The van der Waals surface area contributed by atoms with Crippen molar-refractivity contribution < 1.29 is 16.7 Å². The standard InChI is InChI=1S/C21H18O4S/c1-3-7-15-11-19-18(10-14(15)4-2)22-26(23-19)24-20-12-16-8-5-6-9-17(16)13-21(20)25-26/h4-13H,3H2,1-2H3/b14-4-,15-7-. The number of hydrogen-bond acceptors (Lipinski definition) is 4. The number of fused-ring (bicyclic) bond motifs is 3. The van der Waals surface area contributed by atoms with Crippen molar-refractivity contribution in [2.75, 3.05) is 0 Å². The highest BCUT2D eigenvalue weighted by Crippen LogP contribution is 2.65. The summed E-state index contributed by atoms with van der Waals surface area (Å²) in [4.78, 5) is 0. The fourth-order valence-electron chi connectivity index (χ4n) is 3.24. The zero-order valence-corrected chi connectivity index (χ0v) is 15.3. The molecule has 1 spiro atoms. The predicted molar refractivity (Wildman–Crippen MR) is 105 cm³/mol. The van der Waals surface area contributed by atoms with Crippen LogP contribution in [-0.4, -0.2) is 0 Å². The quantitative estimate of drug-likeness (QED) is 0.634. The topological polar surface area (TPSA) is 36.9 Å². The zero-order chi connectivity index (χ0) is 17.7. The Hall–Kier alpha value is -2.79. The van der Waals surface area contributed by atoms with Gasteiger partial charge in [0.15, 0.2) is 23.0 Å². The van der Waals surface area contributed by atoms with E-state index in [-0.39, 0.29) is 0 Å². The van der Waals surface area contributed by atoms with Gasteiger partial charge in [0.2, 0.25) is 0 Å². The number of rotatable bonds is 1. The molecule has 0 aliphatic carbocycles. The van der Waals surface area contributed by atoms with E-state index in [1.807, 2.05) is 55.5 Å².